The van der Waals surface area contributed by atoms with Crippen LogP contribution in [0.5, 0.6) is 0 Å². The third-order valence-electron chi connectivity index (χ3n) is 7.94. The Morgan fingerprint density at radius 2 is 1.81 bits per heavy atom. The molecule has 2 saturated heterocycles. The van der Waals surface area contributed by atoms with Crippen molar-refractivity contribution >= 4 is 22.8 Å². The molecule has 0 spiro atoms. The Balaban J connectivity index is 1.26. The van der Waals surface area contributed by atoms with Gasteiger partial charge in [-0.1, -0.05) is 36.4 Å². The molecule has 3 heterocycles. The summed E-state index contributed by atoms with van der Waals surface area (Å²) in [6, 6.07) is 16.4. The Bertz CT molecular complexity index is 1220. The van der Waals surface area contributed by atoms with E-state index in [1.165, 1.54) is 17.9 Å². The van der Waals surface area contributed by atoms with Crippen LogP contribution < -0.4 is 5.32 Å². The zero-order valence-corrected chi connectivity index (χ0v) is 20.9. The third kappa shape index (κ3) is 5.00. The summed E-state index contributed by atoms with van der Waals surface area (Å²) in [4.78, 5) is 32.6. The van der Waals surface area contributed by atoms with Crippen molar-refractivity contribution in [2.45, 2.75) is 63.2 Å². The molecule has 2 aliphatic rings. The van der Waals surface area contributed by atoms with Crippen LogP contribution in [-0.2, 0) is 9.59 Å². The number of para-hydroxylation sites is 1. The minimum Gasteiger partial charge on any atom is -0.348 e. The van der Waals surface area contributed by atoms with E-state index in [0.717, 1.165) is 49.7 Å². The smallest absolute Gasteiger partial charge is 0.240 e. The summed E-state index contributed by atoms with van der Waals surface area (Å²) in [6.07, 6.45) is 6.96. The monoisotopic (exact) mass is 491 g/mol. The van der Waals surface area contributed by atoms with E-state index in [2.05, 4.69) is 19.8 Å². The maximum atomic E-state index is 14.2. The van der Waals surface area contributed by atoms with Gasteiger partial charge in [-0.2, -0.15) is 0 Å². The van der Waals surface area contributed by atoms with E-state index in [-0.39, 0.29) is 30.2 Å². The molecule has 2 bridgehead atoms. The Morgan fingerprint density at radius 1 is 1.08 bits per heavy atom. The fraction of sp³-hybridized carbons (Fsp3) is 0.464. The second-order valence-corrected chi connectivity index (χ2v) is 10.2. The first-order chi connectivity index (χ1) is 17.4. The summed E-state index contributed by atoms with van der Waals surface area (Å²) in [5.74, 6) is -0.549. The number of imidazole rings is 1. The van der Waals surface area contributed by atoms with Crippen LogP contribution in [-0.4, -0.2) is 63.4 Å². The number of aromatic nitrogens is 2. The molecule has 0 radical (unpaired) electrons. The van der Waals surface area contributed by atoms with Crippen molar-refractivity contribution in [1.29, 1.82) is 0 Å². The van der Waals surface area contributed by atoms with Crippen LogP contribution in [0.15, 0.2) is 54.9 Å². The second kappa shape index (κ2) is 10.4. The van der Waals surface area contributed by atoms with Crippen LogP contribution in [0, 0.1) is 5.82 Å². The summed E-state index contributed by atoms with van der Waals surface area (Å²) in [6.45, 7) is 2.41. The number of likely N-dealkylation sites (N-methyl/N-ethyl adjacent to an activating group) is 1. The highest BCUT2D eigenvalue weighted by atomic mass is 19.1. The number of fused-ring (bicyclic) bond motifs is 3. The predicted molar refractivity (Wildman–Crippen MR) is 137 cm³/mol. The molecule has 0 aliphatic carbocycles. The van der Waals surface area contributed by atoms with E-state index in [9.17, 15) is 14.0 Å². The lowest BCUT2D eigenvalue weighted by Crippen LogP contribution is -2.45. The number of nitrogens with zero attached hydrogens (tertiary/aromatic N) is 4. The molecule has 36 heavy (non-hydrogen) atoms. The molecule has 4 atom stereocenters. The first-order valence-corrected chi connectivity index (χ1v) is 12.8. The molecule has 2 aromatic carbocycles. The van der Waals surface area contributed by atoms with Gasteiger partial charge in [0.2, 0.25) is 11.8 Å². The summed E-state index contributed by atoms with van der Waals surface area (Å²) in [5, 5.41) is 3.16. The average Bonchev–Trinajstić information content (AvgIpc) is 3.40. The van der Waals surface area contributed by atoms with E-state index in [1.54, 1.807) is 19.4 Å². The Labute approximate surface area is 211 Å². The number of amides is 2. The zero-order chi connectivity index (χ0) is 25.2. The maximum Gasteiger partial charge on any atom is 0.240 e. The number of carbonyl (C=O) groups is 2. The highest BCUT2D eigenvalue weighted by molar-refractivity contribution is 5.83. The molecule has 8 heteroatoms. The Kier molecular flexibility index (Phi) is 7.05. The van der Waals surface area contributed by atoms with Gasteiger partial charge < -0.3 is 14.8 Å². The molecule has 2 amide bonds. The van der Waals surface area contributed by atoms with Crippen molar-refractivity contribution in [1.82, 2.24) is 24.7 Å². The molecule has 7 nitrogen and oxygen atoms in total. The minimum atomic E-state index is -0.268. The summed E-state index contributed by atoms with van der Waals surface area (Å²) < 4.78 is 16.3. The fourth-order valence-electron chi connectivity index (χ4n) is 6.00. The number of carbonyl (C=O) groups excluding carboxylic acids is 2. The van der Waals surface area contributed by atoms with Crippen LogP contribution in [0.3, 0.4) is 0 Å². The minimum absolute atomic E-state index is 0.0504. The van der Waals surface area contributed by atoms with Crippen LogP contribution in [0.1, 0.15) is 56.7 Å². The number of hydrogen-bond donors (Lipinski definition) is 1. The molecule has 0 saturated carbocycles. The summed E-state index contributed by atoms with van der Waals surface area (Å²) >= 11 is 0. The van der Waals surface area contributed by atoms with E-state index in [4.69, 9.17) is 0 Å². The van der Waals surface area contributed by atoms with Crippen molar-refractivity contribution in [3.63, 3.8) is 0 Å². The van der Waals surface area contributed by atoms with Crippen molar-refractivity contribution in [3.8, 4) is 0 Å². The standard InChI is InChI=1S/C28H34FN5O2/c1-19(35)32(2)17-27(36)31-25(20-7-4-3-5-8-20)13-14-33-21-11-12-22(33)16-23(15-21)34-18-30-28-24(29)9-6-10-26(28)34/h3-10,18,21-23,25H,11-17H2,1-2H3,(H,31,36)/t21-,22+,23-,25-/m0/s1. The van der Waals surface area contributed by atoms with Gasteiger partial charge in [0.1, 0.15) is 5.52 Å². The first kappa shape index (κ1) is 24.4. The summed E-state index contributed by atoms with van der Waals surface area (Å²) in [5.41, 5.74) is 2.39. The SMILES string of the molecule is CC(=O)N(C)CC(=O)N[C@@H](CCN1[C@@H]2CC[C@H]1C[C@H](n1cnc3c(F)cccc31)C2)c1ccccc1. The van der Waals surface area contributed by atoms with E-state index < -0.39 is 0 Å². The molecule has 2 fully saturated rings. The number of piperidine rings is 1. The largest absolute Gasteiger partial charge is 0.348 e. The summed E-state index contributed by atoms with van der Waals surface area (Å²) in [7, 11) is 1.64. The Hall–Kier alpha value is -3.26. The molecule has 2 aliphatic heterocycles. The van der Waals surface area contributed by atoms with Gasteiger partial charge >= 0.3 is 0 Å². The lowest BCUT2D eigenvalue weighted by atomic mass is 9.95. The molecule has 0 unspecified atom stereocenters. The van der Waals surface area contributed by atoms with Crippen molar-refractivity contribution in [2.75, 3.05) is 20.1 Å². The molecular weight excluding hydrogens is 457 g/mol. The van der Waals surface area contributed by atoms with Crippen LogP contribution in [0.2, 0.25) is 0 Å². The van der Waals surface area contributed by atoms with Crippen LogP contribution in [0.25, 0.3) is 11.0 Å². The zero-order valence-electron chi connectivity index (χ0n) is 20.9. The molecular formula is C28H34FN5O2. The van der Waals surface area contributed by atoms with E-state index in [0.29, 0.717) is 23.6 Å². The molecule has 1 N–H and O–H groups in total. The lowest BCUT2D eigenvalue weighted by molar-refractivity contribution is -0.133. The van der Waals surface area contributed by atoms with Crippen molar-refractivity contribution in [3.05, 3.63) is 66.2 Å². The Morgan fingerprint density at radius 3 is 2.50 bits per heavy atom. The molecule has 3 aromatic rings. The lowest BCUT2D eigenvalue weighted by Gasteiger charge is -2.40. The van der Waals surface area contributed by atoms with Crippen molar-refractivity contribution in [2.24, 2.45) is 0 Å². The number of halogens is 1. The fourth-order valence-corrected chi connectivity index (χ4v) is 6.00. The molecule has 190 valence electrons. The number of rotatable bonds is 8. The van der Waals surface area contributed by atoms with E-state index in [1.807, 2.05) is 36.4 Å². The number of nitrogens with one attached hydrogen (secondary N) is 1. The molecule has 1 aromatic heterocycles. The second-order valence-electron chi connectivity index (χ2n) is 10.2. The van der Waals surface area contributed by atoms with Crippen LogP contribution >= 0.6 is 0 Å². The quantitative estimate of drug-likeness (QED) is 0.516. The van der Waals surface area contributed by atoms with Gasteiger partial charge in [-0.25, -0.2) is 9.37 Å². The first-order valence-electron chi connectivity index (χ1n) is 12.8. The van der Waals surface area contributed by atoms with Gasteiger partial charge in [-0.05, 0) is 49.8 Å². The third-order valence-corrected chi connectivity index (χ3v) is 7.94. The topological polar surface area (TPSA) is 70.5 Å². The van der Waals surface area contributed by atoms with Gasteiger partial charge in [-0.15, -0.1) is 0 Å². The van der Waals surface area contributed by atoms with Gasteiger partial charge in [0.15, 0.2) is 5.82 Å². The number of benzene rings is 2. The van der Waals surface area contributed by atoms with Gasteiger partial charge in [0.25, 0.3) is 0 Å². The number of hydrogen-bond acceptors (Lipinski definition) is 4. The maximum absolute atomic E-state index is 14.2. The van der Waals surface area contributed by atoms with Gasteiger partial charge in [0, 0.05) is 38.6 Å². The highest BCUT2D eigenvalue weighted by Crippen LogP contribution is 2.42. The van der Waals surface area contributed by atoms with E-state index >= 15 is 0 Å². The van der Waals surface area contributed by atoms with Gasteiger partial charge in [0.05, 0.1) is 24.4 Å². The van der Waals surface area contributed by atoms with Gasteiger partial charge in [-0.3, -0.25) is 14.5 Å². The molecule has 5 rings (SSSR count). The normalized spacial score (nSPS) is 22.5. The highest BCUT2D eigenvalue weighted by Gasteiger charge is 2.41. The van der Waals surface area contributed by atoms with Crippen LogP contribution in [0.4, 0.5) is 4.39 Å². The average molecular weight is 492 g/mol. The predicted octanol–water partition coefficient (Wildman–Crippen LogP) is 4.07. The van der Waals surface area contributed by atoms with Crippen molar-refractivity contribution < 1.29 is 14.0 Å².